The van der Waals surface area contributed by atoms with E-state index < -0.39 is 5.60 Å². The normalized spacial score (nSPS) is 24.6. The summed E-state index contributed by atoms with van der Waals surface area (Å²) in [7, 11) is 0. The predicted molar refractivity (Wildman–Crippen MR) is 66.8 cm³/mol. The highest BCUT2D eigenvalue weighted by Crippen LogP contribution is 2.34. The first-order valence-electron chi connectivity index (χ1n) is 6.24. The summed E-state index contributed by atoms with van der Waals surface area (Å²) in [6.45, 7) is 11.3. The van der Waals surface area contributed by atoms with Crippen molar-refractivity contribution >= 4 is 6.09 Å². The predicted octanol–water partition coefficient (Wildman–Crippen LogP) is 2.26. The van der Waals surface area contributed by atoms with Crippen molar-refractivity contribution in [3.05, 3.63) is 0 Å². The molecular formula is C13H25NO3. The zero-order chi connectivity index (χ0) is 13.3. The molecule has 0 spiro atoms. The molecule has 1 heterocycles. The molecule has 100 valence electrons. The lowest BCUT2D eigenvalue weighted by Crippen LogP contribution is -2.50. The molecule has 0 aromatic rings. The number of carbonyl (C=O) groups excluding carboxylic acids is 1. The van der Waals surface area contributed by atoms with Crippen molar-refractivity contribution in [1.82, 2.24) is 4.90 Å². The minimum atomic E-state index is -0.449. The average Bonchev–Trinajstić information content (AvgIpc) is 2.13. The maximum Gasteiger partial charge on any atom is 0.410 e. The van der Waals surface area contributed by atoms with Gasteiger partial charge in [0.05, 0.1) is 0 Å². The Morgan fingerprint density at radius 1 is 1.47 bits per heavy atom. The molecule has 0 unspecified atom stereocenters. The largest absolute Gasteiger partial charge is 0.444 e. The van der Waals surface area contributed by atoms with E-state index in [-0.39, 0.29) is 24.0 Å². The molecule has 1 aliphatic heterocycles. The second-order valence-corrected chi connectivity index (χ2v) is 6.56. The zero-order valence-electron chi connectivity index (χ0n) is 11.6. The summed E-state index contributed by atoms with van der Waals surface area (Å²) in [4.78, 5) is 13.7. The number of nitrogens with zero attached hydrogens (tertiary/aromatic N) is 1. The van der Waals surface area contributed by atoms with Crippen LogP contribution in [0.3, 0.4) is 0 Å². The molecule has 1 saturated heterocycles. The Balaban J connectivity index is 2.62. The van der Waals surface area contributed by atoms with E-state index in [0.717, 1.165) is 6.42 Å². The van der Waals surface area contributed by atoms with Gasteiger partial charge in [0.1, 0.15) is 5.60 Å². The number of aliphatic hydroxyl groups is 1. The number of amides is 1. The monoisotopic (exact) mass is 243 g/mol. The first kappa shape index (κ1) is 14.3. The fourth-order valence-corrected chi connectivity index (χ4v) is 2.22. The molecule has 1 fully saturated rings. The van der Waals surface area contributed by atoms with Crippen LogP contribution in [0.2, 0.25) is 0 Å². The van der Waals surface area contributed by atoms with Crippen LogP contribution < -0.4 is 0 Å². The van der Waals surface area contributed by atoms with Gasteiger partial charge in [-0.05, 0) is 38.5 Å². The molecule has 4 nitrogen and oxygen atoms in total. The van der Waals surface area contributed by atoms with Gasteiger partial charge in [0, 0.05) is 19.7 Å². The Morgan fingerprint density at radius 2 is 2.06 bits per heavy atom. The summed E-state index contributed by atoms with van der Waals surface area (Å²) in [5, 5.41) is 9.30. The van der Waals surface area contributed by atoms with Crippen molar-refractivity contribution in [1.29, 1.82) is 0 Å². The standard InChI is InChI=1S/C13H25NO3/c1-12(2,3)17-11(16)14-7-6-10(8-15)13(4,5)9-14/h10,15H,6-9H2,1-5H3/t10-/m0/s1. The summed E-state index contributed by atoms with van der Waals surface area (Å²) in [5.74, 6) is 0.265. The minimum Gasteiger partial charge on any atom is -0.444 e. The van der Waals surface area contributed by atoms with Crippen molar-refractivity contribution in [3.8, 4) is 0 Å². The van der Waals surface area contributed by atoms with Gasteiger partial charge in [0.25, 0.3) is 0 Å². The van der Waals surface area contributed by atoms with E-state index in [4.69, 9.17) is 4.74 Å². The van der Waals surface area contributed by atoms with Crippen LogP contribution in [0.15, 0.2) is 0 Å². The number of ether oxygens (including phenoxy) is 1. The van der Waals surface area contributed by atoms with Gasteiger partial charge in [-0.1, -0.05) is 13.8 Å². The molecule has 1 aliphatic rings. The quantitative estimate of drug-likeness (QED) is 0.768. The molecule has 0 saturated carbocycles. The summed E-state index contributed by atoms with van der Waals surface area (Å²) in [5.41, 5.74) is -0.501. The molecule has 0 aliphatic carbocycles. The molecule has 0 aromatic heterocycles. The molecule has 1 atom stereocenters. The van der Waals surface area contributed by atoms with E-state index in [1.807, 2.05) is 20.8 Å². The van der Waals surface area contributed by atoms with Crippen LogP contribution in [-0.2, 0) is 4.74 Å². The lowest BCUT2D eigenvalue weighted by Gasteiger charge is -2.43. The average molecular weight is 243 g/mol. The first-order valence-corrected chi connectivity index (χ1v) is 6.24. The van der Waals surface area contributed by atoms with Gasteiger partial charge in [-0.3, -0.25) is 0 Å². The summed E-state index contributed by atoms with van der Waals surface area (Å²) >= 11 is 0. The Bertz CT molecular complexity index is 281. The van der Waals surface area contributed by atoms with Crippen molar-refractivity contribution in [2.45, 2.75) is 46.6 Å². The lowest BCUT2D eigenvalue weighted by atomic mass is 9.74. The summed E-state index contributed by atoms with van der Waals surface area (Å²) < 4.78 is 5.36. The number of aliphatic hydroxyl groups excluding tert-OH is 1. The Labute approximate surface area is 104 Å². The lowest BCUT2D eigenvalue weighted by molar-refractivity contribution is -0.0142. The fraction of sp³-hybridized carbons (Fsp3) is 0.923. The molecule has 1 rings (SSSR count). The van der Waals surface area contributed by atoms with Crippen LogP contribution in [0.5, 0.6) is 0 Å². The van der Waals surface area contributed by atoms with Crippen LogP contribution in [0.25, 0.3) is 0 Å². The second-order valence-electron chi connectivity index (χ2n) is 6.56. The van der Waals surface area contributed by atoms with Crippen molar-refractivity contribution in [3.63, 3.8) is 0 Å². The highest BCUT2D eigenvalue weighted by atomic mass is 16.6. The van der Waals surface area contributed by atoms with Gasteiger partial charge in [-0.25, -0.2) is 4.79 Å². The van der Waals surface area contributed by atoms with E-state index in [1.165, 1.54) is 0 Å². The first-order chi connectivity index (χ1) is 7.65. The van der Waals surface area contributed by atoms with Gasteiger partial charge < -0.3 is 14.7 Å². The fourth-order valence-electron chi connectivity index (χ4n) is 2.22. The van der Waals surface area contributed by atoms with Gasteiger partial charge in [0.15, 0.2) is 0 Å². The van der Waals surface area contributed by atoms with Crippen LogP contribution in [0, 0.1) is 11.3 Å². The number of carbonyl (C=O) groups is 1. The van der Waals surface area contributed by atoms with E-state index in [1.54, 1.807) is 4.90 Å². The highest BCUT2D eigenvalue weighted by Gasteiger charge is 2.38. The molecule has 4 heteroatoms. The molecule has 0 bridgehead atoms. The third-order valence-electron chi connectivity index (χ3n) is 3.32. The molecule has 0 aromatic carbocycles. The minimum absolute atomic E-state index is 0.0517. The third kappa shape index (κ3) is 3.87. The van der Waals surface area contributed by atoms with Crippen LogP contribution in [0.1, 0.15) is 41.0 Å². The van der Waals surface area contributed by atoms with Gasteiger partial charge in [-0.15, -0.1) is 0 Å². The molecule has 0 radical (unpaired) electrons. The molecular weight excluding hydrogens is 218 g/mol. The smallest absolute Gasteiger partial charge is 0.410 e. The van der Waals surface area contributed by atoms with Crippen LogP contribution in [0.4, 0.5) is 4.79 Å². The van der Waals surface area contributed by atoms with E-state index in [2.05, 4.69) is 13.8 Å². The molecule has 1 N–H and O–H groups in total. The Kier molecular flexibility index (Phi) is 4.07. The number of hydrogen-bond acceptors (Lipinski definition) is 3. The Morgan fingerprint density at radius 3 is 2.47 bits per heavy atom. The second kappa shape index (κ2) is 4.84. The maximum absolute atomic E-state index is 11.9. The Hall–Kier alpha value is -0.770. The maximum atomic E-state index is 11.9. The van der Waals surface area contributed by atoms with Gasteiger partial charge >= 0.3 is 6.09 Å². The number of piperidine rings is 1. The third-order valence-corrected chi connectivity index (χ3v) is 3.32. The topological polar surface area (TPSA) is 49.8 Å². The zero-order valence-corrected chi connectivity index (χ0v) is 11.6. The van der Waals surface area contributed by atoms with Gasteiger partial charge in [-0.2, -0.15) is 0 Å². The van der Waals surface area contributed by atoms with E-state index in [0.29, 0.717) is 13.1 Å². The van der Waals surface area contributed by atoms with Crippen LogP contribution in [-0.4, -0.2) is 41.4 Å². The number of rotatable bonds is 1. The molecule has 1 amide bonds. The summed E-state index contributed by atoms with van der Waals surface area (Å²) in [6.07, 6.45) is 0.588. The van der Waals surface area contributed by atoms with Crippen molar-refractivity contribution in [2.24, 2.45) is 11.3 Å². The van der Waals surface area contributed by atoms with Gasteiger partial charge in [0.2, 0.25) is 0 Å². The van der Waals surface area contributed by atoms with E-state index >= 15 is 0 Å². The SMILES string of the molecule is CC(C)(C)OC(=O)N1CC[C@@H](CO)C(C)(C)C1. The highest BCUT2D eigenvalue weighted by molar-refractivity contribution is 5.68. The van der Waals surface area contributed by atoms with Crippen molar-refractivity contribution in [2.75, 3.05) is 19.7 Å². The van der Waals surface area contributed by atoms with Crippen molar-refractivity contribution < 1.29 is 14.6 Å². The number of hydrogen-bond donors (Lipinski definition) is 1. The van der Waals surface area contributed by atoms with Crippen LogP contribution >= 0.6 is 0 Å². The van der Waals surface area contributed by atoms with E-state index in [9.17, 15) is 9.90 Å². The molecule has 17 heavy (non-hydrogen) atoms. The summed E-state index contributed by atoms with van der Waals surface area (Å²) in [6, 6.07) is 0. The number of likely N-dealkylation sites (tertiary alicyclic amines) is 1.